The summed E-state index contributed by atoms with van der Waals surface area (Å²) >= 11 is 0. The first-order valence-corrected chi connectivity index (χ1v) is 4.67. The molecule has 2 unspecified atom stereocenters. The minimum atomic E-state index is -1.55. The second kappa shape index (κ2) is 5.25. The average Bonchev–Trinajstić information content (AvgIpc) is 2.28. The number of nitriles is 1. The standard InChI is InChI=1S/C10H10N2O5/c11-4-3-9(14)10(15)7-5-6(12(16)17)1-2-8(7)13/h1-2,5,9-10,13-15H,3H2. The molecule has 0 radical (unpaired) electrons. The average molecular weight is 238 g/mol. The largest absolute Gasteiger partial charge is 0.508 e. The molecule has 1 aromatic rings. The Balaban J connectivity index is 3.08. The molecule has 7 nitrogen and oxygen atoms in total. The second-order valence-corrected chi connectivity index (χ2v) is 3.37. The van der Waals surface area contributed by atoms with Crippen LogP contribution in [0.5, 0.6) is 5.75 Å². The van der Waals surface area contributed by atoms with E-state index in [4.69, 9.17) is 5.26 Å². The van der Waals surface area contributed by atoms with Gasteiger partial charge in [0.05, 0.1) is 23.5 Å². The molecule has 1 aromatic carbocycles. The van der Waals surface area contributed by atoms with Gasteiger partial charge >= 0.3 is 0 Å². The molecule has 7 heteroatoms. The third-order valence-electron chi connectivity index (χ3n) is 2.21. The van der Waals surface area contributed by atoms with Crippen LogP contribution in [0.1, 0.15) is 18.1 Å². The third kappa shape index (κ3) is 2.90. The molecule has 1 rings (SSSR count). The number of hydrogen-bond acceptors (Lipinski definition) is 6. The number of nitro benzene ring substituents is 1. The molecule has 0 bridgehead atoms. The number of aromatic hydroxyl groups is 1. The lowest BCUT2D eigenvalue weighted by atomic mass is 10.0. The minimum absolute atomic E-state index is 0.179. The Bertz CT molecular complexity index is 468. The number of aliphatic hydroxyl groups is 2. The van der Waals surface area contributed by atoms with Gasteiger partial charge in [-0.25, -0.2) is 0 Å². The molecule has 2 atom stereocenters. The molecule has 17 heavy (non-hydrogen) atoms. The van der Waals surface area contributed by atoms with Crippen molar-refractivity contribution in [1.82, 2.24) is 0 Å². The summed E-state index contributed by atoms with van der Waals surface area (Å²) in [4.78, 5) is 9.82. The van der Waals surface area contributed by atoms with Crippen LogP contribution in [0.2, 0.25) is 0 Å². The Kier molecular flexibility index (Phi) is 3.98. The zero-order valence-electron chi connectivity index (χ0n) is 8.65. The molecule has 0 aromatic heterocycles. The summed E-state index contributed by atoms with van der Waals surface area (Å²) in [7, 11) is 0. The number of phenolic OH excluding ortho intramolecular Hbond substituents is 1. The van der Waals surface area contributed by atoms with E-state index in [1.807, 2.05) is 0 Å². The van der Waals surface area contributed by atoms with Crippen molar-refractivity contribution < 1.29 is 20.2 Å². The van der Waals surface area contributed by atoms with Gasteiger partial charge in [-0.1, -0.05) is 0 Å². The molecule has 0 saturated heterocycles. The first-order valence-electron chi connectivity index (χ1n) is 4.67. The van der Waals surface area contributed by atoms with Crippen LogP contribution in [0.15, 0.2) is 18.2 Å². The summed E-state index contributed by atoms with van der Waals surface area (Å²) in [5.41, 5.74) is -0.497. The monoisotopic (exact) mass is 238 g/mol. The summed E-state index contributed by atoms with van der Waals surface area (Å²) in [6, 6.07) is 4.73. The van der Waals surface area contributed by atoms with Crippen LogP contribution in [-0.4, -0.2) is 26.3 Å². The van der Waals surface area contributed by atoms with E-state index >= 15 is 0 Å². The fourth-order valence-corrected chi connectivity index (χ4v) is 1.30. The minimum Gasteiger partial charge on any atom is -0.508 e. The number of phenols is 1. The van der Waals surface area contributed by atoms with Crippen LogP contribution < -0.4 is 0 Å². The number of nitro groups is 1. The highest BCUT2D eigenvalue weighted by Gasteiger charge is 2.23. The van der Waals surface area contributed by atoms with E-state index in [1.165, 1.54) is 0 Å². The number of non-ortho nitro benzene ring substituents is 1. The van der Waals surface area contributed by atoms with Gasteiger partial charge in [0, 0.05) is 17.7 Å². The lowest BCUT2D eigenvalue weighted by molar-refractivity contribution is -0.385. The van der Waals surface area contributed by atoms with Crippen molar-refractivity contribution in [3.63, 3.8) is 0 Å². The molecule has 3 N–H and O–H groups in total. The normalized spacial score (nSPS) is 13.7. The van der Waals surface area contributed by atoms with Crippen molar-refractivity contribution in [1.29, 1.82) is 5.26 Å². The quantitative estimate of drug-likeness (QED) is 0.520. The van der Waals surface area contributed by atoms with Gasteiger partial charge in [0.25, 0.3) is 5.69 Å². The Hall–Kier alpha value is -2.17. The van der Waals surface area contributed by atoms with E-state index in [2.05, 4.69) is 0 Å². The van der Waals surface area contributed by atoms with Crippen molar-refractivity contribution in [3.05, 3.63) is 33.9 Å². The summed E-state index contributed by atoms with van der Waals surface area (Å²) in [6.07, 6.45) is -3.30. The van der Waals surface area contributed by atoms with Crippen LogP contribution in [0, 0.1) is 21.4 Å². The van der Waals surface area contributed by atoms with Gasteiger partial charge in [-0.15, -0.1) is 0 Å². The Labute approximate surface area is 96.3 Å². The predicted octanol–water partition coefficient (Wildman–Crippen LogP) is 0.608. The Morgan fingerprint density at radius 1 is 1.47 bits per heavy atom. The van der Waals surface area contributed by atoms with E-state index in [0.717, 1.165) is 18.2 Å². The predicted molar refractivity (Wildman–Crippen MR) is 56.0 cm³/mol. The Morgan fingerprint density at radius 2 is 2.12 bits per heavy atom. The fraction of sp³-hybridized carbons (Fsp3) is 0.300. The molecule has 0 spiro atoms. The van der Waals surface area contributed by atoms with E-state index < -0.39 is 17.1 Å². The van der Waals surface area contributed by atoms with Crippen LogP contribution in [0.25, 0.3) is 0 Å². The van der Waals surface area contributed by atoms with Gasteiger partial charge in [-0.3, -0.25) is 10.1 Å². The third-order valence-corrected chi connectivity index (χ3v) is 2.21. The maximum absolute atomic E-state index is 10.5. The Morgan fingerprint density at radius 3 is 2.65 bits per heavy atom. The lowest BCUT2D eigenvalue weighted by Gasteiger charge is -2.16. The molecular formula is C10H10N2O5. The highest BCUT2D eigenvalue weighted by molar-refractivity contribution is 5.44. The van der Waals surface area contributed by atoms with Gasteiger partial charge in [0.2, 0.25) is 0 Å². The molecule has 0 aliphatic heterocycles. The van der Waals surface area contributed by atoms with Gasteiger partial charge in [-0.05, 0) is 6.07 Å². The molecule has 0 amide bonds. The smallest absolute Gasteiger partial charge is 0.270 e. The zero-order chi connectivity index (χ0) is 13.0. The maximum atomic E-state index is 10.5. The number of benzene rings is 1. The molecule has 0 saturated carbocycles. The van der Waals surface area contributed by atoms with Crippen molar-refractivity contribution >= 4 is 5.69 Å². The highest BCUT2D eigenvalue weighted by Crippen LogP contribution is 2.30. The highest BCUT2D eigenvalue weighted by atomic mass is 16.6. The van der Waals surface area contributed by atoms with Gasteiger partial charge < -0.3 is 15.3 Å². The van der Waals surface area contributed by atoms with E-state index in [9.17, 15) is 25.4 Å². The van der Waals surface area contributed by atoms with Crippen LogP contribution in [0.3, 0.4) is 0 Å². The van der Waals surface area contributed by atoms with Crippen molar-refractivity contribution in [3.8, 4) is 11.8 Å². The second-order valence-electron chi connectivity index (χ2n) is 3.37. The topological polar surface area (TPSA) is 128 Å². The molecule has 0 aliphatic rings. The van der Waals surface area contributed by atoms with E-state index in [0.29, 0.717) is 0 Å². The number of rotatable bonds is 4. The summed E-state index contributed by atoms with van der Waals surface area (Å²) in [5, 5.41) is 47.3. The zero-order valence-corrected chi connectivity index (χ0v) is 8.65. The number of hydrogen-bond donors (Lipinski definition) is 3. The molecule has 90 valence electrons. The van der Waals surface area contributed by atoms with Crippen molar-refractivity contribution in [2.24, 2.45) is 0 Å². The molecule has 0 heterocycles. The molecule has 0 fully saturated rings. The van der Waals surface area contributed by atoms with Gasteiger partial charge in [0.1, 0.15) is 11.9 Å². The fourth-order valence-electron chi connectivity index (χ4n) is 1.30. The van der Waals surface area contributed by atoms with Gasteiger partial charge in [0.15, 0.2) is 0 Å². The van der Waals surface area contributed by atoms with Crippen molar-refractivity contribution in [2.45, 2.75) is 18.6 Å². The number of aliphatic hydroxyl groups excluding tert-OH is 2. The van der Waals surface area contributed by atoms with Crippen molar-refractivity contribution in [2.75, 3.05) is 0 Å². The summed E-state index contributed by atoms with van der Waals surface area (Å²) in [6.45, 7) is 0. The maximum Gasteiger partial charge on any atom is 0.270 e. The van der Waals surface area contributed by atoms with E-state index in [1.54, 1.807) is 6.07 Å². The summed E-state index contributed by atoms with van der Waals surface area (Å²) in [5.74, 6) is -0.375. The van der Waals surface area contributed by atoms with Gasteiger partial charge in [-0.2, -0.15) is 5.26 Å². The molecular weight excluding hydrogens is 228 g/mol. The van der Waals surface area contributed by atoms with Crippen LogP contribution in [0.4, 0.5) is 5.69 Å². The SMILES string of the molecule is N#CCC(O)C(O)c1cc([N+](=O)[O-])ccc1O. The van der Waals surface area contributed by atoms with E-state index in [-0.39, 0.29) is 23.4 Å². The first-order chi connectivity index (χ1) is 7.97. The first kappa shape index (κ1) is 12.9. The number of nitrogens with zero attached hydrogens (tertiary/aromatic N) is 2. The van der Waals surface area contributed by atoms with Crippen LogP contribution in [-0.2, 0) is 0 Å². The van der Waals surface area contributed by atoms with Crippen LogP contribution >= 0.6 is 0 Å². The molecule has 0 aliphatic carbocycles. The summed E-state index contributed by atoms with van der Waals surface area (Å²) < 4.78 is 0. The lowest BCUT2D eigenvalue weighted by Crippen LogP contribution is -2.17.